The van der Waals surface area contributed by atoms with Crippen molar-refractivity contribution in [3.8, 4) is 0 Å². The Labute approximate surface area is 130 Å². The fourth-order valence-electron chi connectivity index (χ4n) is 2.22. The molecule has 1 fully saturated rings. The van der Waals surface area contributed by atoms with E-state index in [1.54, 1.807) is 11.8 Å². The summed E-state index contributed by atoms with van der Waals surface area (Å²) in [4.78, 5) is 13.6. The monoisotopic (exact) mass is 316 g/mol. The SMILES string of the molecule is CSc1ccc(NC(=O)C2(CN)CCOCC2)cc1.Cl. The van der Waals surface area contributed by atoms with Crippen molar-refractivity contribution in [3.63, 3.8) is 0 Å². The van der Waals surface area contributed by atoms with E-state index in [2.05, 4.69) is 5.32 Å². The van der Waals surface area contributed by atoms with Gasteiger partial charge in [0.1, 0.15) is 0 Å². The van der Waals surface area contributed by atoms with E-state index in [0.29, 0.717) is 32.6 Å². The van der Waals surface area contributed by atoms with Gasteiger partial charge in [-0.25, -0.2) is 0 Å². The van der Waals surface area contributed by atoms with Crippen molar-refractivity contribution in [1.82, 2.24) is 0 Å². The number of nitrogens with two attached hydrogens (primary N) is 1. The Morgan fingerprint density at radius 2 is 1.95 bits per heavy atom. The minimum Gasteiger partial charge on any atom is -0.381 e. The molecular formula is C14H21ClN2O2S. The molecule has 1 aliphatic rings. The van der Waals surface area contributed by atoms with Crippen LogP contribution in [0.15, 0.2) is 29.2 Å². The number of halogens is 1. The number of nitrogens with one attached hydrogen (secondary N) is 1. The van der Waals surface area contributed by atoms with Gasteiger partial charge in [-0.1, -0.05) is 0 Å². The van der Waals surface area contributed by atoms with E-state index in [9.17, 15) is 4.79 Å². The van der Waals surface area contributed by atoms with Crippen LogP contribution in [-0.2, 0) is 9.53 Å². The van der Waals surface area contributed by atoms with E-state index in [1.165, 1.54) is 4.90 Å². The lowest BCUT2D eigenvalue weighted by atomic mass is 9.79. The van der Waals surface area contributed by atoms with Gasteiger partial charge in [-0.15, -0.1) is 24.2 Å². The number of benzene rings is 1. The molecule has 1 aliphatic heterocycles. The molecular weight excluding hydrogens is 296 g/mol. The second-order valence-electron chi connectivity index (χ2n) is 4.78. The molecule has 0 atom stereocenters. The zero-order valence-corrected chi connectivity index (χ0v) is 13.2. The lowest BCUT2D eigenvalue weighted by Crippen LogP contribution is -2.46. The van der Waals surface area contributed by atoms with Crippen LogP contribution in [-0.4, -0.2) is 31.9 Å². The standard InChI is InChI=1S/C14H20N2O2S.ClH/c1-19-12-4-2-11(3-5-12)16-13(17)14(10-15)6-8-18-9-7-14;/h2-5H,6-10,15H2,1H3,(H,16,17);1H. The molecule has 0 spiro atoms. The lowest BCUT2D eigenvalue weighted by Gasteiger charge is -2.34. The van der Waals surface area contributed by atoms with Crippen LogP contribution in [0.2, 0.25) is 0 Å². The number of ether oxygens (including phenoxy) is 1. The fraction of sp³-hybridized carbons (Fsp3) is 0.500. The molecule has 6 heteroatoms. The van der Waals surface area contributed by atoms with Gasteiger partial charge >= 0.3 is 0 Å². The first-order valence-corrected chi connectivity index (χ1v) is 7.66. The second-order valence-corrected chi connectivity index (χ2v) is 5.66. The Morgan fingerprint density at radius 3 is 2.45 bits per heavy atom. The first kappa shape index (κ1) is 17.3. The summed E-state index contributed by atoms with van der Waals surface area (Å²) in [7, 11) is 0. The molecule has 1 amide bonds. The Hall–Kier alpha value is -0.750. The lowest BCUT2D eigenvalue weighted by molar-refractivity contribution is -0.130. The number of carbonyl (C=O) groups excluding carboxylic acids is 1. The predicted octanol–water partition coefficient (Wildman–Crippen LogP) is 2.52. The summed E-state index contributed by atoms with van der Waals surface area (Å²) in [5.74, 6) is 0.00945. The molecule has 1 aromatic rings. The maximum Gasteiger partial charge on any atom is 0.232 e. The molecule has 112 valence electrons. The molecule has 1 saturated heterocycles. The summed E-state index contributed by atoms with van der Waals surface area (Å²) in [6.07, 6.45) is 3.41. The van der Waals surface area contributed by atoms with E-state index in [4.69, 9.17) is 10.5 Å². The van der Waals surface area contributed by atoms with Crippen LogP contribution in [0.25, 0.3) is 0 Å². The fourth-order valence-corrected chi connectivity index (χ4v) is 2.63. The molecule has 0 aliphatic carbocycles. The largest absolute Gasteiger partial charge is 0.381 e. The highest BCUT2D eigenvalue weighted by Crippen LogP contribution is 2.31. The van der Waals surface area contributed by atoms with Crippen molar-refractivity contribution >= 4 is 35.8 Å². The van der Waals surface area contributed by atoms with Gasteiger partial charge in [-0.3, -0.25) is 4.79 Å². The van der Waals surface area contributed by atoms with E-state index in [1.807, 2.05) is 30.5 Å². The smallest absolute Gasteiger partial charge is 0.232 e. The van der Waals surface area contributed by atoms with Crippen LogP contribution in [0.5, 0.6) is 0 Å². The van der Waals surface area contributed by atoms with Gasteiger partial charge in [0.2, 0.25) is 5.91 Å². The number of hydrogen-bond acceptors (Lipinski definition) is 4. The Bertz CT molecular complexity index is 433. The van der Waals surface area contributed by atoms with Crippen LogP contribution in [0.1, 0.15) is 12.8 Å². The quantitative estimate of drug-likeness (QED) is 0.838. The third kappa shape index (κ3) is 3.88. The zero-order valence-electron chi connectivity index (χ0n) is 11.6. The van der Waals surface area contributed by atoms with Gasteiger partial charge < -0.3 is 15.8 Å². The first-order chi connectivity index (χ1) is 9.20. The van der Waals surface area contributed by atoms with E-state index >= 15 is 0 Å². The molecule has 0 bridgehead atoms. The van der Waals surface area contributed by atoms with Crippen molar-refractivity contribution in [2.24, 2.45) is 11.1 Å². The summed E-state index contributed by atoms with van der Waals surface area (Å²) < 4.78 is 5.32. The zero-order chi connectivity index (χ0) is 13.7. The topological polar surface area (TPSA) is 64.4 Å². The number of amides is 1. The van der Waals surface area contributed by atoms with Gasteiger partial charge in [0, 0.05) is 30.3 Å². The number of anilines is 1. The van der Waals surface area contributed by atoms with Gasteiger partial charge in [-0.05, 0) is 43.4 Å². The molecule has 0 radical (unpaired) electrons. The maximum atomic E-state index is 12.4. The third-order valence-electron chi connectivity index (χ3n) is 3.67. The molecule has 3 N–H and O–H groups in total. The predicted molar refractivity (Wildman–Crippen MR) is 85.6 cm³/mol. The van der Waals surface area contributed by atoms with Crippen molar-refractivity contribution in [2.45, 2.75) is 17.7 Å². The second kappa shape index (κ2) is 7.88. The summed E-state index contributed by atoms with van der Waals surface area (Å²) in [6.45, 7) is 1.58. The Morgan fingerprint density at radius 1 is 1.35 bits per heavy atom. The van der Waals surface area contributed by atoms with Gasteiger partial charge in [0.05, 0.1) is 5.41 Å². The molecule has 20 heavy (non-hydrogen) atoms. The van der Waals surface area contributed by atoms with E-state index < -0.39 is 5.41 Å². The van der Waals surface area contributed by atoms with Crippen LogP contribution in [0.4, 0.5) is 5.69 Å². The van der Waals surface area contributed by atoms with Crippen molar-refractivity contribution in [2.75, 3.05) is 31.3 Å². The summed E-state index contributed by atoms with van der Waals surface area (Å²) in [5.41, 5.74) is 6.16. The molecule has 0 aromatic heterocycles. The van der Waals surface area contributed by atoms with Gasteiger partial charge in [-0.2, -0.15) is 0 Å². The number of hydrogen-bond donors (Lipinski definition) is 2. The van der Waals surface area contributed by atoms with Crippen molar-refractivity contribution in [3.05, 3.63) is 24.3 Å². The van der Waals surface area contributed by atoms with Crippen LogP contribution < -0.4 is 11.1 Å². The maximum absolute atomic E-state index is 12.4. The van der Waals surface area contributed by atoms with Crippen LogP contribution in [0.3, 0.4) is 0 Å². The molecule has 0 unspecified atom stereocenters. The molecule has 2 rings (SSSR count). The average molecular weight is 317 g/mol. The highest BCUT2D eigenvalue weighted by Gasteiger charge is 2.38. The molecule has 4 nitrogen and oxygen atoms in total. The van der Waals surface area contributed by atoms with Crippen LogP contribution >= 0.6 is 24.2 Å². The summed E-state index contributed by atoms with van der Waals surface area (Å²) in [5, 5.41) is 2.97. The van der Waals surface area contributed by atoms with E-state index in [0.717, 1.165) is 5.69 Å². The minimum absolute atomic E-state index is 0. The number of rotatable bonds is 4. The summed E-state index contributed by atoms with van der Waals surface area (Å²) >= 11 is 1.68. The highest BCUT2D eigenvalue weighted by atomic mass is 35.5. The third-order valence-corrected chi connectivity index (χ3v) is 4.41. The number of thioether (sulfide) groups is 1. The molecule has 0 saturated carbocycles. The number of carbonyl (C=O) groups is 1. The molecule has 1 heterocycles. The normalized spacial score (nSPS) is 17.1. The van der Waals surface area contributed by atoms with Crippen LogP contribution in [0, 0.1) is 5.41 Å². The summed E-state index contributed by atoms with van der Waals surface area (Å²) in [6, 6.07) is 7.85. The Balaban J connectivity index is 0.00000200. The Kier molecular flexibility index (Phi) is 6.82. The first-order valence-electron chi connectivity index (χ1n) is 6.43. The van der Waals surface area contributed by atoms with Gasteiger partial charge in [0.25, 0.3) is 0 Å². The molecule has 1 aromatic carbocycles. The van der Waals surface area contributed by atoms with E-state index in [-0.39, 0.29) is 18.3 Å². The minimum atomic E-state index is -0.476. The van der Waals surface area contributed by atoms with Gasteiger partial charge in [0.15, 0.2) is 0 Å². The highest BCUT2D eigenvalue weighted by molar-refractivity contribution is 7.98. The average Bonchev–Trinajstić information content (AvgIpc) is 2.48. The van der Waals surface area contributed by atoms with Crippen molar-refractivity contribution in [1.29, 1.82) is 0 Å². The van der Waals surface area contributed by atoms with Crippen molar-refractivity contribution < 1.29 is 9.53 Å².